The number of carbonyl (C=O) groups is 1. The van der Waals surface area contributed by atoms with E-state index in [1.54, 1.807) is 6.07 Å². The summed E-state index contributed by atoms with van der Waals surface area (Å²) in [5.41, 5.74) is 0.713. The van der Waals surface area contributed by atoms with E-state index in [0.717, 1.165) is 11.8 Å². The summed E-state index contributed by atoms with van der Waals surface area (Å²) in [6, 6.07) is 1.81. The first-order chi connectivity index (χ1) is 9.40. The van der Waals surface area contributed by atoms with Crippen LogP contribution in [-0.4, -0.2) is 31.6 Å². The van der Waals surface area contributed by atoms with E-state index >= 15 is 0 Å². The molecular weight excluding hydrogens is 341 g/mol. The predicted octanol–water partition coefficient (Wildman–Crippen LogP) is 4.07. The van der Waals surface area contributed by atoms with Crippen LogP contribution >= 0.6 is 46.3 Å². The third kappa shape index (κ3) is 3.28. The summed E-state index contributed by atoms with van der Waals surface area (Å²) in [4.78, 5) is 10.7. The molecule has 0 aliphatic carbocycles. The number of carboxylic acid groups (broad SMARTS) is 1. The number of aromatic nitrogens is 3. The molecular formula is C11H11Cl2N3O2S2. The first kappa shape index (κ1) is 15.6. The molecule has 2 rings (SSSR count). The molecule has 2 aromatic rings. The summed E-state index contributed by atoms with van der Waals surface area (Å²) in [5, 5.41) is 17.5. The largest absolute Gasteiger partial charge is 0.481 e. The second-order valence-electron chi connectivity index (χ2n) is 4.19. The van der Waals surface area contributed by atoms with Gasteiger partial charge in [0.05, 0.1) is 15.7 Å². The van der Waals surface area contributed by atoms with Crippen LogP contribution in [0.15, 0.2) is 11.2 Å². The van der Waals surface area contributed by atoms with Gasteiger partial charge >= 0.3 is 5.97 Å². The number of nitrogens with zero attached hydrogens (tertiary/aromatic N) is 3. The number of hydrogen-bond acceptors (Lipinski definition) is 5. The first-order valence-corrected chi connectivity index (χ1v) is 8.20. The second-order valence-corrected chi connectivity index (χ2v) is 7.42. The summed E-state index contributed by atoms with van der Waals surface area (Å²) in [7, 11) is 0. The zero-order valence-electron chi connectivity index (χ0n) is 10.6. The van der Waals surface area contributed by atoms with Crippen molar-refractivity contribution >= 4 is 52.3 Å². The number of rotatable bonds is 5. The lowest BCUT2D eigenvalue weighted by Gasteiger charge is -2.12. The van der Waals surface area contributed by atoms with Crippen molar-refractivity contribution < 1.29 is 9.90 Å². The summed E-state index contributed by atoms with van der Waals surface area (Å²) in [5.74, 6) is -0.365. The molecule has 0 aliphatic rings. The number of carboxylic acids is 1. The molecule has 108 valence electrons. The Morgan fingerprint density at radius 3 is 2.70 bits per heavy atom. The molecule has 0 spiro atoms. The minimum Gasteiger partial charge on any atom is -0.481 e. The van der Waals surface area contributed by atoms with Crippen LogP contribution in [0.1, 0.15) is 19.9 Å². The minimum atomic E-state index is -0.897. The molecule has 1 N–H and O–H groups in total. The number of thioether (sulfide) groups is 1. The Bertz CT molecular complexity index is 640. The molecule has 0 unspecified atom stereocenters. The fourth-order valence-corrected chi connectivity index (χ4v) is 3.89. The highest BCUT2D eigenvalue weighted by Crippen LogP contribution is 2.39. The van der Waals surface area contributed by atoms with Crippen LogP contribution in [0.5, 0.6) is 0 Å². The fraction of sp³-hybridized carbons (Fsp3) is 0.364. The number of halogens is 2. The van der Waals surface area contributed by atoms with E-state index < -0.39 is 5.97 Å². The lowest BCUT2D eigenvalue weighted by molar-refractivity contribution is -0.133. The van der Waals surface area contributed by atoms with Crippen molar-refractivity contribution in [3.63, 3.8) is 0 Å². The van der Waals surface area contributed by atoms with Crippen LogP contribution in [0, 0.1) is 0 Å². The van der Waals surface area contributed by atoms with Gasteiger partial charge in [-0.1, -0.05) is 35.0 Å². The van der Waals surface area contributed by atoms with Crippen molar-refractivity contribution in [2.75, 3.05) is 5.75 Å². The lowest BCUT2D eigenvalue weighted by atomic mass is 10.3. The monoisotopic (exact) mass is 351 g/mol. The van der Waals surface area contributed by atoms with Crippen molar-refractivity contribution in [2.45, 2.75) is 25.0 Å². The van der Waals surface area contributed by atoms with E-state index in [1.807, 2.05) is 18.4 Å². The van der Waals surface area contributed by atoms with E-state index in [2.05, 4.69) is 10.2 Å². The average molecular weight is 352 g/mol. The van der Waals surface area contributed by atoms with Gasteiger partial charge in [-0.2, -0.15) is 0 Å². The minimum absolute atomic E-state index is 0.0665. The van der Waals surface area contributed by atoms with Gasteiger partial charge in [0, 0.05) is 6.04 Å². The normalized spacial score (nSPS) is 11.2. The highest BCUT2D eigenvalue weighted by Gasteiger charge is 2.20. The Labute approximate surface area is 133 Å². The van der Waals surface area contributed by atoms with Gasteiger partial charge in [0.1, 0.15) is 4.34 Å². The molecule has 2 heterocycles. The standard InChI is InChI=1S/C11H11Cl2N3O2S2/c1-5(2)16-10(6-3-7(12)20-9(6)13)14-15-11(16)19-4-8(17)18/h3,5H,4H2,1-2H3,(H,17,18). The number of aliphatic carboxylic acids is 1. The molecule has 0 saturated heterocycles. The Morgan fingerprint density at radius 1 is 1.50 bits per heavy atom. The van der Waals surface area contributed by atoms with Crippen LogP contribution in [0.4, 0.5) is 0 Å². The van der Waals surface area contributed by atoms with Crippen molar-refractivity contribution in [3.05, 3.63) is 14.7 Å². The molecule has 5 nitrogen and oxygen atoms in total. The maximum Gasteiger partial charge on any atom is 0.313 e. The maximum absolute atomic E-state index is 10.7. The molecule has 0 bridgehead atoms. The SMILES string of the molecule is CC(C)n1c(SCC(=O)O)nnc1-c1cc(Cl)sc1Cl. The molecule has 0 atom stereocenters. The van der Waals surface area contributed by atoms with Crippen LogP contribution < -0.4 is 0 Å². The Hall–Kier alpha value is -0.760. The van der Waals surface area contributed by atoms with Gasteiger partial charge in [-0.3, -0.25) is 9.36 Å². The van der Waals surface area contributed by atoms with E-state index in [4.69, 9.17) is 28.3 Å². The summed E-state index contributed by atoms with van der Waals surface area (Å²) in [6.07, 6.45) is 0. The van der Waals surface area contributed by atoms with E-state index in [0.29, 0.717) is 25.2 Å². The first-order valence-electron chi connectivity index (χ1n) is 5.64. The molecule has 0 fully saturated rings. The van der Waals surface area contributed by atoms with E-state index in [9.17, 15) is 4.79 Å². The van der Waals surface area contributed by atoms with Crippen molar-refractivity contribution in [1.29, 1.82) is 0 Å². The van der Waals surface area contributed by atoms with Gasteiger partial charge in [-0.05, 0) is 19.9 Å². The molecule has 2 aromatic heterocycles. The topological polar surface area (TPSA) is 68.0 Å². The molecule has 0 aromatic carbocycles. The molecule has 9 heteroatoms. The van der Waals surface area contributed by atoms with Crippen molar-refractivity contribution in [1.82, 2.24) is 14.8 Å². The smallest absolute Gasteiger partial charge is 0.313 e. The summed E-state index contributed by atoms with van der Waals surface area (Å²) in [6.45, 7) is 3.94. The van der Waals surface area contributed by atoms with Crippen LogP contribution in [-0.2, 0) is 4.79 Å². The quantitative estimate of drug-likeness (QED) is 0.822. The van der Waals surface area contributed by atoms with E-state index in [1.165, 1.54) is 11.3 Å². The van der Waals surface area contributed by atoms with Gasteiger partial charge < -0.3 is 5.11 Å². The summed E-state index contributed by atoms with van der Waals surface area (Å²) < 4.78 is 2.97. The van der Waals surface area contributed by atoms with Crippen molar-refractivity contribution in [3.8, 4) is 11.4 Å². The van der Waals surface area contributed by atoms with Crippen LogP contribution in [0.3, 0.4) is 0 Å². The Kier molecular flexibility index (Phi) is 4.95. The van der Waals surface area contributed by atoms with Crippen LogP contribution in [0.25, 0.3) is 11.4 Å². The highest BCUT2D eigenvalue weighted by molar-refractivity contribution is 7.99. The fourth-order valence-electron chi connectivity index (χ4n) is 1.64. The molecule has 0 amide bonds. The van der Waals surface area contributed by atoms with Gasteiger partial charge in [-0.15, -0.1) is 21.5 Å². The number of hydrogen-bond donors (Lipinski definition) is 1. The lowest BCUT2D eigenvalue weighted by Crippen LogP contribution is -2.06. The van der Waals surface area contributed by atoms with Gasteiger partial charge in [0.15, 0.2) is 11.0 Å². The summed E-state index contributed by atoms with van der Waals surface area (Å²) >= 11 is 14.5. The highest BCUT2D eigenvalue weighted by atomic mass is 35.5. The van der Waals surface area contributed by atoms with Gasteiger partial charge in [0.25, 0.3) is 0 Å². The predicted molar refractivity (Wildman–Crippen MR) is 82.1 cm³/mol. The third-order valence-corrected chi connectivity index (χ3v) is 4.82. The Morgan fingerprint density at radius 2 is 2.20 bits per heavy atom. The molecule has 0 aliphatic heterocycles. The average Bonchev–Trinajstić information content (AvgIpc) is 2.89. The van der Waals surface area contributed by atoms with Crippen LogP contribution in [0.2, 0.25) is 8.67 Å². The van der Waals surface area contributed by atoms with Crippen molar-refractivity contribution in [2.24, 2.45) is 0 Å². The molecule has 20 heavy (non-hydrogen) atoms. The zero-order chi connectivity index (χ0) is 14.9. The zero-order valence-corrected chi connectivity index (χ0v) is 13.8. The Balaban J connectivity index is 2.44. The van der Waals surface area contributed by atoms with Gasteiger partial charge in [0.2, 0.25) is 0 Å². The third-order valence-electron chi connectivity index (χ3n) is 2.40. The van der Waals surface area contributed by atoms with E-state index in [-0.39, 0.29) is 11.8 Å². The second kappa shape index (κ2) is 6.34. The van der Waals surface area contributed by atoms with Gasteiger partial charge in [-0.25, -0.2) is 0 Å². The molecule has 0 saturated carbocycles. The maximum atomic E-state index is 10.7. The molecule has 0 radical (unpaired) electrons. The number of thiophene rings is 1.